The van der Waals surface area contributed by atoms with Crippen molar-refractivity contribution in [1.82, 2.24) is 15.0 Å². The standard InChI is InChI=1S/C45H27N3O2S/c1-2-10-26(11-3-1)43-46-44(48-45(47-43)34-16-8-14-32-31-13-5-7-19-40(31)51-42(32)34)33-15-9-18-38-41(33)35-24-27(21-23-37(35)49-38)28-20-22-30-29-12-4-6-17-36(29)50-39(30)25-28/h1-5,7-16,18-25H,6,17H2. The largest absolute Gasteiger partial charge is 0.460 e. The van der Waals surface area contributed by atoms with Crippen molar-refractivity contribution in [3.05, 3.63) is 145 Å². The van der Waals surface area contributed by atoms with Crippen molar-refractivity contribution in [3.8, 4) is 45.3 Å². The topological polar surface area (TPSA) is 65.0 Å². The van der Waals surface area contributed by atoms with Crippen LogP contribution in [0, 0.1) is 0 Å². The van der Waals surface area contributed by atoms with Gasteiger partial charge < -0.3 is 8.83 Å². The number of benzene rings is 6. The number of nitrogens with zero attached hydrogens (tertiary/aromatic N) is 3. The Kier molecular flexibility index (Phi) is 6.18. The van der Waals surface area contributed by atoms with E-state index in [0.29, 0.717) is 17.5 Å². The van der Waals surface area contributed by atoms with E-state index < -0.39 is 0 Å². The normalized spacial score (nSPS) is 12.9. The number of fused-ring (bicyclic) bond motifs is 9. The minimum absolute atomic E-state index is 0.603. The van der Waals surface area contributed by atoms with Gasteiger partial charge in [-0.3, -0.25) is 0 Å². The van der Waals surface area contributed by atoms with E-state index in [0.717, 1.165) is 84.0 Å². The Balaban J connectivity index is 1.12. The van der Waals surface area contributed by atoms with E-state index in [1.165, 1.54) is 21.0 Å². The summed E-state index contributed by atoms with van der Waals surface area (Å²) in [5, 5.41) is 5.59. The second-order valence-electron chi connectivity index (χ2n) is 13.0. The molecule has 240 valence electrons. The highest BCUT2D eigenvalue weighted by molar-refractivity contribution is 7.26. The molecule has 1 aliphatic carbocycles. The van der Waals surface area contributed by atoms with Crippen LogP contribution in [-0.2, 0) is 6.42 Å². The summed E-state index contributed by atoms with van der Waals surface area (Å²) in [4.78, 5) is 15.5. The average molecular weight is 674 g/mol. The Morgan fingerprint density at radius 1 is 0.510 bits per heavy atom. The first-order valence-corrected chi connectivity index (χ1v) is 18.0. The molecule has 4 heterocycles. The van der Waals surface area contributed by atoms with E-state index in [2.05, 4.69) is 97.1 Å². The van der Waals surface area contributed by atoms with Crippen molar-refractivity contribution in [1.29, 1.82) is 0 Å². The lowest BCUT2D eigenvalue weighted by Gasteiger charge is -2.10. The lowest BCUT2D eigenvalue weighted by atomic mass is 9.98. The molecule has 0 bridgehead atoms. The number of hydrogen-bond donors (Lipinski definition) is 0. The highest BCUT2D eigenvalue weighted by atomic mass is 32.1. The molecule has 6 heteroatoms. The molecule has 4 aromatic heterocycles. The Morgan fingerprint density at radius 2 is 1.27 bits per heavy atom. The van der Waals surface area contributed by atoms with E-state index in [1.807, 2.05) is 42.5 Å². The van der Waals surface area contributed by atoms with Gasteiger partial charge in [-0.1, -0.05) is 97.1 Å². The predicted octanol–water partition coefficient (Wildman–Crippen LogP) is 12.5. The van der Waals surface area contributed by atoms with Crippen molar-refractivity contribution in [3.63, 3.8) is 0 Å². The lowest BCUT2D eigenvalue weighted by Crippen LogP contribution is -2.00. The van der Waals surface area contributed by atoms with Gasteiger partial charge in [0.1, 0.15) is 22.5 Å². The minimum Gasteiger partial charge on any atom is -0.460 e. The van der Waals surface area contributed by atoms with Crippen LogP contribution in [0.15, 0.2) is 142 Å². The monoisotopic (exact) mass is 673 g/mol. The van der Waals surface area contributed by atoms with Crippen LogP contribution >= 0.6 is 11.3 Å². The van der Waals surface area contributed by atoms with Gasteiger partial charge in [0.15, 0.2) is 17.5 Å². The summed E-state index contributed by atoms with van der Waals surface area (Å²) in [6.07, 6.45) is 6.37. The molecule has 10 aromatic rings. The molecule has 0 amide bonds. The van der Waals surface area contributed by atoms with Crippen LogP contribution in [0.3, 0.4) is 0 Å². The molecule has 5 nitrogen and oxygen atoms in total. The maximum absolute atomic E-state index is 6.46. The number of thiophene rings is 1. The maximum atomic E-state index is 6.46. The lowest BCUT2D eigenvalue weighted by molar-refractivity contribution is 0.546. The van der Waals surface area contributed by atoms with Crippen molar-refractivity contribution in [2.75, 3.05) is 0 Å². The Hall–Kier alpha value is -6.37. The van der Waals surface area contributed by atoms with Gasteiger partial charge in [0.25, 0.3) is 0 Å². The van der Waals surface area contributed by atoms with Crippen LogP contribution in [0.5, 0.6) is 0 Å². The van der Waals surface area contributed by atoms with E-state index in [1.54, 1.807) is 11.3 Å². The molecule has 0 unspecified atom stereocenters. The number of allylic oxidation sites excluding steroid dienone is 1. The van der Waals surface area contributed by atoms with E-state index in [4.69, 9.17) is 23.8 Å². The smallest absolute Gasteiger partial charge is 0.165 e. The summed E-state index contributed by atoms with van der Waals surface area (Å²) in [5.74, 6) is 2.95. The van der Waals surface area contributed by atoms with Gasteiger partial charge in [-0.05, 0) is 60.0 Å². The van der Waals surface area contributed by atoms with Crippen molar-refractivity contribution < 1.29 is 8.83 Å². The summed E-state index contributed by atoms with van der Waals surface area (Å²) < 4.78 is 15.2. The van der Waals surface area contributed by atoms with E-state index in [9.17, 15) is 0 Å². The van der Waals surface area contributed by atoms with Gasteiger partial charge >= 0.3 is 0 Å². The molecule has 0 N–H and O–H groups in total. The summed E-state index contributed by atoms with van der Waals surface area (Å²) in [6, 6.07) is 44.1. The molecule has 0 spiro atoms. The zero-order chi connectivity index (χ0) is 33.5. The summed E-state index contributed by atoms with van der Waals surface area (Å²) in [6.45, 7) is 0. The first kappa shape index (κ1) is 28.5. The highest BCUT2D eigenvalue weighted by Gasteiger charge is 2.21. The van der Waals surface area contributed by atoms with Crippen LogP contribution in [0.25, 0.3) is 104 Å². The molecular formula is C45H27N3O2S. The first-order chi connectivity index (χ1) is 25.2. The van der Waals surface area contributed by atoms with E-state index >= 15 is 0 Å². The highest BCUT2D eigenvalue weighted by Crippen LogP contribution is 2.42. The molecule has 11 rings (SSSR count). The Morgan fingerprint density at radius 3 is 2.22 bits per heavy atom. The number of furan rings is 2. The quantitative estimate of drug-likeness (QED) is 0.186. The van der Waals surface area contributed by atoms with Gasteiger partial charge in [0, 0.05) is 65.0 Å². The Bertz CT molecular complexity index is 3040. The first-order valence-electron chi connectivity index (χ1n) is 17.2. The van der Waals surface area contributed by atoms with Gasteiger partial charge in [0.05, 0.1) is 0 Å². The molecule has 0 saturated heterocycles. The number of rotatable bonds is 4. The predicted molar refractivity (Wildman–Crippen MR) is 209 cm³/mol. The summed E-state index contributed by atoms with van der Waals surface area (Å²) in [7, 11) is 0. The van der Waals surface area contributed by atoms with Crippen molar-refractivity contribution >= 4 is 70.5 Å². The summed E-state index contributed by atoms with van der Waals surface area (Å²) >= 11 is 1.77. The zero-order valence-corrected chi connectivity index (χ0v) is 28.1. The number of hydrogen-bond acceptors (Lipinski definition) is 6. The van der Waals surface area contributed by atoms with Crippen molar-refractivity contribution in [2.45, 2.75) is 12.8 Å². The van der Waals surface area contributed by atoms with Gasteiger partial charge in [0.2, 0.25) is 0 Å². The Labute approximate surface area is 296 Å². The zero-order valence-electron chi connectivity index (χ0n) is 27.3. The van der Waals surface area contributed by atoms with Crippen LogP contribution in [0.2, 0.25) is 0 Å². The SMILES string of the molecule is C1=Cc2c(oc3cc(-c4ccc5oc6cccc(-c7nc(-c8ccccc8)nc(-c8cccc9c8sc8ccccc89)n7)c6c5c4)ccc23)CC1. The minimum atomic E-state index is 0.603. The van der Waals surface area contributed by atoms with Crippen LogP contribution < -0.4 is 0 Å². The van der Waals surface area contributed by atoms with Gasteiger partial charge in [-0.2, -0.15) is 0 Å². The van der Waals surface area contributed by atoms with Crippen LogP contribution in [-0.4, -0.2) is 15.0 Å². The molecule has 1 aliphatic rings. The molecule has 51 heavy (non-hydrogen) atoms. The molecule has 0 fully saturated rings. The second kappa shape index (κ2) is 11.1. The van der Waals surface area contributed by atoms with E-state index in [-0.39, 0.29) is 0 Å². The fraction of sp³-hybridized carbons (Fsp3) is 0.0444. The van der Waals surface area contributed by atoms with Crippen molar-refractivity contribution in [2.24, 2.45) is 0 Å². The fourth-order valence-corrected chi connectivity index (χ4v) is 8.79. The summed E-state index contributed by atoms with van der Waals surface area (Å²) in [5.41, 5.74) is 8.73. The number of aryl methyl sites for hydroxylation is 1. The number of aromatic nitrogens is 3. The maximum Gasteiger partial charge on any atom is 0.165 e. The molecular weight excluding hydrogens is 647 g/mol. The molecule has 0 atom stereocenters. The fourth-order valence-electron chi connectivity index (χ4n) is 7.58. The molecule has 0 saturated carbocycles. The second-order valence-corrected chi connectivity index (χ2v) is 14.1. The third kappa shape index (κ3) is 4.50. The third-order valence-electron chi connectivity index (χ3n) is 10.0. The average Bonchev–Trinajstić information content (AvgIpc) is 3.88. The molecule has 0 radical (unpaired) electrons. The molecule has 6 aromatic carbocycles. The third-order valence-corrected chi connectivity index (χ3v) is 11.2. The molecule has 0 aliphatic heterocycles. The van der Waals surface area contributed by atoms with Gasteiger partial charge in [-0.15, -0.1) is 11.3 Å². The van der Waals surface area contributed by atoms with Crippen LogP contribution in [0.1, 0.15) is 17.7 Å². The van der Waals surface area contributed by atoms with Crippen LogP contribution in [0.4, 0.5) is 0 Å². The van der Waals surface area contributed by atoms with Gasteiger partial charge in [-0.25, -0.2) is 15.0 Å².